The smallest absolute Gasteiger partial charge is 0.271 e. The van der Waals surface area contributed by atoms with Crippen LogP contribution in [0.3, 0.4) is 0 Å². The number of nitrogens with one attached hydrogen (secondary N) is 2. The van der Waals surface area contributed by atoms with Crippen molar-refractivity contribution < 1.29 is 13.6 Å². The van der Waals surface area contributed by atoms with Crippen molar-refractivity contribution in [2.45, 2.75) is 0 Å². The van der Waals surface area contributed by atoms with Gasteiger partial charge in [0, 0.05) is 12.6 Å². The minimum Gasteiger partial charge on any atom is -0.347 e. The molecule has 108 valence electrons. The number of benzene rings is 1. The van der Waals surface area contributed by atoms with Gasteiger partial charge in [0.1, 0.15) is 23.1 Å². The Balaban J connectivity index is 2.08. The molecule has 0 atom stereocenters. The predicted molar refractivity (Wildman–Crippen MR) is 74.2 cm³/mol. The maximum absolute atomic E-state index is 13.5. The van der Waals surface area contributed by atoms with Crippen molar-refractivity contribution in [1.82, 2.24) is 15.3 Å². The van der Waals surface area contributed by atoms with E-state index >= 15 is 0 Å². The summed E-state index contributed by atoms with van der Waals surface area (Å²) >= 11 is 0. The number of aromatic nitrogens is 2. The van der Waals surface area contributed by atoms with Gasteiger partial charge in [-0.25, -0.2) is 18.7 Å². The summed E-state index contributed by atoms with van der Waals surface area (Å²) < 4.78 is 26.2. The number of hydrogen-bond acceptors (Lipinski definition) is 4. The number of amides is 1. The van der Waals surface area contributed by atoms with Crippen LogP contribution in [0.25, 0.3) is 0 Å². The Hall–Kier alpha value is -2.83. The van der Waals surface area contributed by atoms with Crippen molar-refractivity contribution in [3.63, 3.8) is 0 Å². The Morgan fingerprint density at radius 3 is 2.71 bits per heavy atom. The second kappa shape index (κ2) is 6.56. The van der Waals surface area contributed by atoms with Gasteiger partial charge in [-0.15, -0.1) is 6.58 Å². The van der Waals surface area contributed by atoms with Crippen molar-refractivity contribution in [2.24, 2.45) is 0 Å². The molecule has 7 heteroatoms. The van der Waals surface area contributed by atoms with E-state index in [1.165, 1.54) is 18.5 Å². The largest absolute Gasteiger partial charge is 0.347 e. The minimum absolute atomic E-state index is 0.0644. The maximum Gasteiger partial charge on any atom is 0.271 e. The lowest BCUT2D eigenvalue weighted by atomic mass is 10.3. The molecular weight excluding hydrogens is 278 g/mol. The summed E-state index contributed by atoms with van der Waals surface area (Å²) in [6, 6.07) is 3.12. The van der Waals surface area contributed by atoms with Gasteiger partial charge in [0.05, 0.1) is 18.1 Å². The van der Waals surface area contributed by atoms with Crippen LogP contribution >= 0.6 is 0 Å². The van der Waals surface area contributed by atoms with Crippen LogP contribution in [0.4, 0.5) is 20.3 Å². The number of rotatable bonds is 5. The second-order valence-corrected chi connectivity index (χ2v) is 4.03. The van der Waals surface area contributed by atoms with Crippen LogP contribution < -0.4 is 10.6 Å². The summed E-state index contributed by atoms with van der Waals surface area (Å²) in [6.45, 7) is 3.80. The third kappa shape index (κ3) is 3.82. The lowest BCUT2D eigenvalue weighted by Crippen LogP contribution is -2.24. The van der Waals surface area contributed by atoms with Crippen molar-refractivity contribution in [3.8, 4) is 0 Å². The normalized spacial score (nSPS) is 10.0. The molecule has 0 aliphatic rings. The Morgan fingerprint density at radius 1 is 1.29 bits per heavy atom. The molecule has 1 heterocycles. The van der Waals surface area contributed by atoms with E-state index in [-0.39, 0.29) is 23.1 Å². The van der Waals surface area contributed by atoms with Crippen LogP contribution in [0.5, 0.6) is 0 Å². The van der Waals surface area contributed by atoms with E-state index in [2.05, 4.69) is 27.2 Å². The monoisotopic (exact) mass is 290 g/mol. The van der Waals surface area contributed by atoms with Crippen LogP contribution in [-0.4, -0.2) is 22.4 Å². The Bertz CT molecular complexity index is 659. The van der Waals surface area contributed by atoms with Gasteiger partial charge in [-0.1, -0.05) is 6.08 Å². The molecule has 21 heavy (non-hydrogen) atoms. The fourth-order valence-corrected chi connectivity index (χ4v) is 1.49. The summed E-state index contributed by atoms with van der Waals surface area (Å²) in [7, 11) is 0. The molecule has 1 aromatic heterocycles. The van der Waals surface area contributed by atoms with E-state index in [4.69, 9.17) is 0 Å². The molecule has 0 saturated carbocycles. The Labute approximate surface area is 119 Å². The number of nitrogens with zero attached hydrogens (tertiary/aromatic N) is 2. The zero-order chi connectivity index (χ0) is 15.2. The molecule has 0 bridgehead atoms. The molecule has 2 N–H and O–H groups in total. The van der Waals surface area contributed by atoms with Crippen LogP contribution in [0.1, 0.15) is 10.5 Å². The number of carbonyl (C=O) groups excluding carboxylic acids is 1. The quantitative estimate of drug-likeness (QED) is 0.830. The van der Waals surface area contributed by atoms with Crippen molar-refractivity contribution in [2.75, 3.05) is 11.9 Å². The van der Waals surface area contributed by atoms with Crippen LogP contribution in [-0.2, 0) is 0 Å². The first-order chi connectivity index (χ1) is 10.1. The lowest BCUT2D eigenvalue weighted by Gasteiger charge is -2.07. The topological polar surface area (TPSA) is 66.9 Å². The van der Waals surface area contributed by atoms with Crippen molar-refractivity contribution in [3.05, 3.63) is 60.6 Å². The third-order valence-corrected chi connectivity index (χ3v) is 2.49. The zero-order valence-corrected chi connectivity index (χ0v) is 10.9. The van der Waals surface area contributed by atoms with E-state index in [9.17, 15) is 13.6 Å². The molecule has 2 aromatic rings. The number of hydrogen-bond donors (Lipinski definition) is 2. The van der Waals surface area contributed by atoms with Crippen molar-refractivity contribution in [1.29, 1.82) is 0 Å². The van der Waals surface area contributed by atoms with Crippen molar-refractivity contribution >= 4 is 17.4 Å². The van der Waals surface area contributed by atoms with Gasteiger partial charge in [-0.2, -0.15) is 0 Å². The molecule has 5 nitrogen and oxygen atoms in total. The highest BCUT2D eigenvalue weighted by Crippen LogP contribution is 2.18. The summed E-state index contributed by atoms with van der Waals surface area (Å²) in [5.41, 5.74) is 0.191. The summed E-state index contributed by atoms with van der Waals surface area (Å²) in [5, 5.41) is 5.20. The highest BCUT2D eigenvalue weighted by atomic mass is 19.1. The van der Waals surface area contributed by atoms with E-state index < -0.39 is 11.6 Å². The summed E-state index contributed by atoms with van der Waals surface area (Å²) in [5.74, 6) is -1.56. The minimum atomic E-state index is -0.746. The molecule has 0 saturated heterocycles. The van der Waals surface area contributed by atoms with E-state index in [0.29, 0.717) is 6.54 Å². The van der Waals surface area contributed by atoms with E-state index in [0.717, 1.165) is 12.1 Å². The van der Waals surface area contributed by atoms with E-state index in [1.54, 1.807) is 6.08 Å². The van der Waals surface area contributed by atoms with Gasteiger partial charge < -0.3 is 10.6 Å². The fraction of sp³-hybridized carbons (Fsp3) is 0.0714. The van der Waals surface area contributed by atoms with Crippen LogP contribution in [0, 0.1) is 11.6 Å². The van der Waals surface area contributed by atoms with Gasteiger partial charge in [0.25, 0.3) is 5.91 Å². The highest BCUT2D eigenvalue weighted by molar-refractivity contribution is 5.92. The van der Waals surface area contributed by atoms with Gasteiger partial charge in [0.2, 0.25) is 0 Å². The SMILES string of the molecule is C=CCNC(=O)c1cnc(Nc2ccc(F)cc2F)cn1. The van der Waals surface area contributed by atoms with Gasteiger partial charge >= 0.3 is 0 Å². The van der Waals surface area contributed by atoms with Crippen LogP contribution in [0.15, 0.2) is 43.2 Å². The number of halogens is 2. The lowest BCUT2D eigenvalue weighted by molar-refractivity contribution is 0.0952. The zero-order valence-electron chi connectivity index (χ0n) is 10.9. The average molecular weight is 290 g/mol. The third-order valence-electron chi connectivity index (χ3n) is 2.49. The molecule has 0 aliphatic heterocycles. The number of anilines is 2. The number of carbonyl (C=O) groups is 1. The highest BCUT2D eigenvalue weighted by Gasteiger charge is 2.08. The molecule has 0 fully saturated rings. The predicted octanol–water partition coefficient (Wildman–Crippen LogP) is 2.41. The van der Waals surface area contributed by atoms with Crippen LogP contribution in [0.2, 0.25) is 0 Å². The summed E-state index contributed by atoms with van der Waals surface area (Å²) in [6.07, 6.45) is 4.08. The van der Waals surface area contributed by atoms with Gasteiger partial charge in [0.15, 0.2) is 0 Å². The molecule has 0 aliphatic carbocycles. The van der Waals surface area contributed by atoms with E-state index in [1.807, 2.05) is 0 Å². The standard InChI is InChI=1S/C14H12F2N4O/c1-2-5-17-14(21)12-7-19-13(8-18-12)20-11-4-3-9(15)6-10(11)16/h2-4,6-8H,1,5H2,(H,17,21)(H,19,20). The molecule has 0 spiro atoms. The molecule has 0 radical (unpaired) electrons. The second-order valence-electron chi connectivity index (χ2n) is 4.03. The average Bonchev–Trinajstić information content (AvgIpc) is 2.48. The maximum atomic E-state index is 13.5. The Kier molecular flexibility index (Phi) is 4.55. The Morgan fingerprint density at radius 2 is 2.10 bits per heavy atom. The molecule has 0 unspecified atom stereocenters. The summed E-state index contributed by atoms with van der Waals surface area (Å²) in [4.78, 5) is 19.4. The first kappa shape index (κ1) is 14.6. The fourth-order valence-electron chi connectivity index (χ4n) is 1.49. The first-order valence-corrected chi connectivity index (χ1v) is 6.03. The molecular formula is C14H12F2N4O. The molecule has 1 amide bonds. The molecule has 1 aromatic carbocycles. The molecule has 2 rings (SSSR count). The first-order valence-electron chi connectivity index (χ1n) is 6.03. The van der Waals surface area contributed by atoms with Gasteiger partial charge in [-0.05, 0) is 12.1 Å². The van der Waals surface area contributed by atoms with Gasteiger partial charge in [-0.3, -0.25) is 4.79 Å².